The molecule has 10 heteroatoms. The lowest BCUT2D eigenvalue weighted by Crippen LogP contribution is -2.43. The number of β-amino-alcohol motifs (C(OH)–C–C–N with tert-alkyl or cyclic N) is 1. The number of hydrogen-bond donors (Lipinski definition) is 2. The van der Waals surface area contributed by atoms with Crippen molar-refractivity contribution in [2.24, 2.45) is 0 Å². The minimum Gasteiger partial charge on any atom is -0.406 e. The number of ether oxygens (including phenoxy) is 1. The Hall–Kier alpha value is -2.78. The molecule has 4 rings (SSSR count). The molecule has 0 radical (unpaired) electrons. The molecular formula is C25H21Cl2F3N2O3. The Bertz CT molecular complexity index is 1110. The first-order valence-corrected chi connectivity index (χ1v) is 11.4. The Morgan fingerprint density at radius 3 is 1.91 bits per heavy atom. The van der Waals surface area contributed by atoms with Gasteiger partial charge in [-0.05, 0) is 59.7 Å². The molecule has 1 aliphatic rings. The minimum absolute atomic E-state index is 0.150. The van der Waals surface area contributed by atoms with E-state index in [9.17, 15) is 23.1 Å². The van der Waals surface area contributed by atoms with Crippen LogP contribution in [0.4, 0.5) is 13.2 Å². The first-order valence-electron chi connectivity index (χ1n) is 10.7. The van der Waals surface area contributed by atoms with Crippen molar-refractivity contribution in [1.29, 1.82) is 0 Å². The second kappa shape index (κ2) is 10.5. The lowest BCUT2D eigenvalue weighted by molar-refractivity contribution is -0.274. The number of halogens is 5. The van der Waals surface area contributed by atoms with Gasteiger partial charge in [0, 0.05) is 28.7 Å². The normalized spacial score (nSPS) is 18.6. The maximum absolute atomic E-state index is 12.7. The topological polar surface area (TPSA) is 61.8 Å². The van der Waals surface area contributed by atoms with Crippen LogP contribution in [-0.2, 0) is 0 Å². The number of carbonyl (C=O) groups is 1. The molecule has 1 fully saturated rings. The number of benzene rings is 3. The number of amides is 1. The van der Waals surface area contributed by atoms with E-state index in [-0.39, 0.29) is 11.6 Å². The van der Waals surface area contributed by atoms with Gasteiger partial charge in [0.2, 0.25) is 0 Å². The van der Waals surface area contributed by atoms with E-state index in [2.05, 4.69) is 10.1 Å². The van der Waals surface area contributed by atoms with E-state index < -0.39 is 30.2 Å². The summed E-state index contributed by atoms with van der Waals surface area (Å²) in [4.78, 5) is 14.7. The van der Waals surface area contributed by atoms with Crippen molar-refractivity contribution >= 4 is 29.1 Å². The van der Waals surface area contributed by atoms with Crippen LogP contribution in [0, 0.1) is 0 Å². The van der Waals surface area contributed by atoms with Crippen LogP contribution in [-0.4, -0.2) is 47.5 Å². The third-order valence-corrected chi connectivity index (χ3v) is 6.22. The first kappa shape index (κ1) is 25.3. The fourth-order valence-electron chi connectivity index (χ4n) is 4.13. The third-order valence-electron chi connectivity index (χ3n) is 5.72. The zero-order valence-electron chi connectivity index (χ0n) is 18.2. The quantitative estimate of drug-likeness (QED) is 0.449. The van der Waals surface area contributed by atoms with E-state index in [0.717, 1.165) is 23.3 Å². The van der Waals surface area contributed by atoms with Crippen molar-refractivity contribution in [1.82, 2.24) is 10.2 Å². The summed E-state index contributed by atoms with van der Waals surface area (Å²) in [7, 11) is 0. The average molecular weight is 525 g/mol. The monoisotopic (exact) mass is 524 g/mol. The molecule has 0 bridgehead atoms. The molecule has 2 atom stereocenters. The van der Waals surface area contributed by atoms with Crippen molar-refractivity contribution in [2.75, 3.05) is 13.1 Å². The second-order valence-corrected chi connectivity index (χ2v) is 9.05. The molecule has 0 aliphatic carbocycles. The molecule has 1 amide bonds. The zero-order valence-corrected chi connectivity index (χ0v) is 19.7. The van der Waals surface area contributed by atoms with Gasteiger partial charge in [-0.25, -0.2) is 0 Å². The summed E-state index contributed by atoms with van der Waals surface area (Å²) in [6.07, 6.45) is -5.67. The average Bonchev–Trinajstić information content (AvgIpc) is 3.15. The molecule has 2 N–H and O–H groups in total. The summed E-state index contributed by atoms with van der Waals surface area (Å²) >= 11 is 12.1. The predicted molar refractivity (Wildman–Crippen MR) is 127 cm³/mol. The number of alkyl halides is 3. The maximum Gasteiger partial charge on any atom is 0.573 e. The number of rotatable bonds is 6. The van der Waals surface area contributed by atoms with E-state index in [4.69, 9.17) is 23.2 Å². The molecular weight excluding hydrogens is 504 g/mol. The number of nitrogens with one attached hydrogen (secondary N) is 1. The van der Waals surface area contributed by atoms with Gasteiger partial charge in [0.05, 0.1) is 18.2 Å². The summed E-state index contributed by atoms with van der Waals surface area (Å²) in [6, 6.07) is 18.6. The van der Waals surface area contributed by atoms with Crippen LogP contribution in [0.1, 0.15) is 27.5 Å². The van der Waals surface area contributed by atoms with Gasteiger partial charge in [0.25, 0.3) is 5.91 Å². The molecule has 1 aliphatic heterocycles. The van der Waals surface area contributed by atoms with Gasteiger partial charge in [0.1, 0.15) is 5.75 Å². The molecule has 1 heterocycles. The second-order valence-electron chi connectivity index (χ2n) is 8.18. The Kier molecular flexibility index (Phi) is 7.56. The van der Waals surface area contributed by atoms with Gasteiger partial charge in [-0.2, -0.15) is 0 Å². The number of nitrogens with zero attached hydrogens (tertiary/aromatic N) is 1. The van der Waals surface area contributed by atoms with Gasteiger partial charge in [-0.15, -0.1) is 13.2 Å². The van der Waals surface area contributed by atoms with E-state index in [1.165, 1.54) is 12.1 Å². The van der Waals surface area contributed by atoms with E-state index in [1.807, 2.05) is 29.2 Å². The highest BCUT2D eigenvalue weighted by Gasteiger charge is 2.37. The lowest BCUT2D eigenvalue weighted by atomic mass is 9.97. The Balaban J connectivity index is 1.49. The Morgan fingerprint density at radius 1 is 0.914 bits per heavy atom. The fraction of sp³-hybridized carbons (Fsp3) is 0.240. The van der Waals surface area contributed by atoms with Gasteiger partial charge in [0.15, 0.2) is 0 Å². The van der Waals surface area contributed by atoms with E-state index >= 15 is 0 Å². The number of aliphatic hydroxyl groups is 1. The van der Waals surface area contributed by atoms with Gasteiger partial charge in [-0.3, -0.25) is 9.69 Å². The standard InChI is InChI=1S/C25H21Cl2F3N2O3/c26-18-7-1-15(2-8-18)23(16-3-9-19(27)10-4-16)32-13-21(22(33)14-32)31-24(34)17-5-11-20(12-6-17)35-25(28,29)30/h1-12,21-23,33H,13-14H2,(H,31,34). The molecule has 5 nitrogen and oxygen atoms in total. The summed E-state index contributed by atoms with van der Waals surface area (Å²) in [6.45, 7) is 0.636. The van der Waals surface area contributed by atoms with Crippen LogP contribution < -0.4 is 10.1 Å². The summed E-state index contributed by atoms with van der Waals surface area (Å²) < 4.78 is 40.9. The maximum atomic E-state index is 12.7. The fourth-order valence-corrected chi connectivity index (χ4v) is 4.38. The number of likely N-dealkylation sites (tertiary alicyclic amines) is 1. The highest BCUT2D eigenvalue weighted by Crippen LogP contribution is 2.33. The number of carbonyl (C=O) groups excluding carboxylic acids is 1. The third kappa shape index (κ3) is 6.46. The summed E-state index contributed by atoms with van der Waals surface area (Å²) in [5.41, 5.74) is 2.06. The van der Waals surface area contributed by atoms with Crippen molar-refractivity contribution in [2.45, 2.75) is 24.6 Å². The van der Waals surface area contributed by atoms with E-state index in [0.29, 0.717) is 23.1 Å². The van der Waals surface area contributed by atoms with Crippen LogP contribution in [0.3, 0.4) is 0 Å². The van der Waals surface area contributed by atoms with Crippen molar-refractivity contribution < 1.29 is 27.8 Å². The highest BCUT2D eigenvalue weighted by molar-refractivity contribution is 6.30. The SMILES string of the molecule is O=C(NC1CN(C(c2ccc(Cl)cc2)c2ccc(Cl)cc2)CC1O)c1ccc(OC(F)(F)F)cc1. The molecule has 0 spiro atoms. The highest BCUT2D eigenvalue weighted by atomic mass is 35.5. The van der Waals surface area contributed by atoms with Crippen LogP contribution in [0.25, 0.3) is 0 Å². The Labute approximate surface area is 210 Å². The van der Waals surface area contributed by atoms with Crippen LogP contribution in [0.2, 0.25) is 10.0 Å². The first-order chi connectivity index (χ1) is 16.6. The summed E-state index contributed by atoms with van der Waals surface area (Å²) in [5, 5.41) is 14.7. The molecule has 0 aromatic heterocycles. The van der Waals surface area contributed by atoms with Gasteiger partial charge in [-0.1, -0.05) is 47.5 Å². The lowest BCUT2D eigenvalue weighted by Gasteiger charge is -2.29. The number of hydrogen-bond acceptors (Lipinski definition) is 4. The predicted octanol–water partition coefficient (Wildman–Crippen LogP) is 5.46. The summed E-state index contributed by atoms with van der Waals surface area (Å²) in [5.74, 6) is -0.932. The van der Waals surface area contributed by atoms with Gasteiger partial charge >= 0.3 is 6.36 Å². The van der Waals surface area contributed by atoms with Crippen molar-refractivity contribution in [3.05, 3.63) is 99.5 Å². The molecule has 3 aromatic rings. The number of aliphatic hydroxyl groups excluding tert-OH is 1. The largest absolute Gasteiger partial charge is 0.573 e. The van der Waals surface area contributed by atoms with Crippen LogP contribution in [0.5, 0.6) is 5.75 Å². The van der Waals surface area contributed by atoms with Crippen LogP contribution >= 0.6 is 23.2 Å². The molecule has 0 saturated carbocycles. The van der Waals surface area contributed by atoms with Crippen molar-refractivity contribution in [3.8, 4) is 5.75 Å². The zero-order chi connectivity index (χ0) is 25.2. The Morgan fingerprint density at radius 2 is 1.43 bits per heavy atom. The smallest absolute Gasteiger partial charge is 0.406 e. The molecule has 35 heavy (non-hydrogen) atoms. The van der Waals surface area contributed by atoms with Crippen LogP contribution in [0.15, 0.2) is 72.8 Å². The molecule has 3 aromatic carbocycles. The van der Waals surface area contributed by atoms with Crippen molar-refractivity contribution in [3.63, 3.8) is 0 Å². The minimum atomic E-state index is -4.81. The van der Waals surface area contributed by atoms with Gasteiger partial charge < -0.3 is 15.2 Å². The van der Waals surface area contributed by atoms with E-state index in [1.54, 1.807) is 24.3 Å². The molecule has 1 saturated heterocycles. The molecule has 184 valence electrons. The molecule has 2 unspecified atom stereocenters.